The summed E-state index contributed by atoms with van der Waals surface area (Å²) < 4.78 is 34.1. The average Bonchev–Trinajstić information content (AvgIpc) is 2.97. The van der Waals surface area contributed by atoms with Crippen molar-refractivity contribution in [2.45, 2.75) is 57.1 Å². The molecule has 2 aliphatic rings. The van der Waals surface area contributed by atoms with Crippen molar-refractivity contribution >= 4 is 27.7 Å². The average molecular weight is 422 g/mol. The lowest BCUT2D eigenvalue weighted by Gasteiger charge is -2.35. The van der Waals surface area contributed by atoms with Crippen LogP contribution in [0.25, 0.3) is 0 Å². The van der Waals surface area contributed by atoms with Crippen molar-refractivity contribution in [2.75, 3.05) is 13.1 Å². The minimum Gasteiger partial charge on any atom is -0.451 e. The third kappa shape index (κ3) is 4.60. The van der Waals surface area contributed by atoms with Crippen molar-refractivity contribution in [1.82, 2.24) is 10.2 Å². The van der Waals surface area contributed by atoms with Crippen LogP contribution in [0.2, 0.25) is 0 Å². The normalized spacial score (nSPS) is 21.3. The van der Waals surface area contributed by atoms with E-state index in [1.807, 2.05) is 13.8 Å². The number of hydrogen-bond acceptors (Lipinski definition) is 6. The number of amides is 1. The zero-order valence-corrected chi connectivity index (χ0v) is 17.7. The van der Waals surface area contributed by atoms with Crippen molar-refractivity contribution in [1.29, 1.82) is 0 Å². The first kappa shape index (κ1) is 21.3. The summed E-state index contributed by atoms with van der Waals surface area (Å²) >= 11 is 0. The number of likely N-dealkylation sites (tertiary alicyclic amines) is 1. The van der Waals surface area contributed by atoms with Crippen LogP contribution >= 0.6 is 0 Å². The Labute approximate surface area is 171 Å². The van der Waals surface area contributed by atoms with E-state index in [9.17, 15) is 18.0 Å². The molecule has 0 bridgehead atoms. The molecule has 0 aromatic heterocycles. The van der Waals surface area contributed by atoms with Crippen LogP contribution in [0.1, 0.15) is 45.6 Å². The second kappa shape index (κ2) is 8.52. The van der Waals surface area contributed by atoms with E-state index in [4.69, 9.17) is 4.74 Å². The molecule has 158 valence electrons. The van der Waals surface area contributed by atoms with Crippen LogP contribution in [-0.2, 0) is 24.3 Å². The highest BCUT2D eigenvalue weighted by Gasteiger charge is 2.39. The van der Waals surface area contributed by atoms with Gasteiger partial charge >= 0.3 is 5.97 Å². The van der Waals surface area contributed by atoms with Crippen LogP contribution in [0.15, 0.2) is 33.6 Å². The maximum Gasteiger partial charge on any atom is 0.329 e. The number of hydrogen-bond donors (Lipinski definition) is 1. The van der Waals surface area contributed by atoms with Crippen LogP contribution in [-0.4, -0.2) is 56.3 Å². The lowest BCUT2D eigenvalue weighted by molar-refractivity contribution is -0.159. The molecule has 2 atom stereocenters. The van der Waals surface area contributed by atoms with Gasteiger partial charge in [0.25, 0.3) is 15.9 Å². The first-order chi connectivity index (χ1) is 13.7. The van der Waals surface area contributed by atoms with Gasteiger partial charge in [0.2, 0.25) is 0 Å². The Hall–Kier alpha value is -2.42. The second-order valence-corrected chi connectivity index (χ2v) is 9.38. The predicted molar refractivity (Wildman–Crippen MR) is 108 cm³/mol. The highest BCUT2D eigenvalue weighted by molar-refractivity contribution is 7.90. The highest BCUT2D eigenvalue weighted by atomic mass is 32.2. The van der Waals surface area contributed by atoms with E-state index in [0.29, 0.717) is 25.1 Å². The van der Waals surface area contributed by atoms with E-state index in [-0.39, 0.29) is 22.6 Å². The van der Waals surface area contributed by atoms with Gasteiger partial charge in [-0.2, -0.15) is 8.42 Å². The Balaban J connectivity index is 1.77. The molecular formula is C20H27N3O5S. The van der Waals surface area contributed by atoms with Gasteiger partial charge in [0.1, 0.15) is 10.9 Å². The molecule has 0 aliphatic carbocycles. The van der Waals surface area contributed by atoms with Gasteiger partial charge < -0.3 is 15.0 Å². The molecule has 0 spiro atoms. The second-order valence-electron chi connectivity index (χ2n) is 7.81. The number of nitrogens with one attached hydrogen (secondary N) is 1. The van der Waals surface area contributed by atoms with Crippen molar-refractivity contribution in [3.63, 3.8) is 0 Å². The molecular weight excluding hydrogens is 394 g/mol. The monoisotopic (exact) mass is 421 g/mol. The molecule has 1 amide bonds. The minimum absolute atomic E-state index is 0.147. The number of carbonyl (C=O) groups is 2. The Bertz CT molecular complexity index is 926. The number of ether oxygens (including phenoxy) is 1. The molecule has 1 aromatic carbocycles. The maximum absolute atomic E-state index is 12.8. The minimum atomic E-state index is -3.78. The van der Waals surface area contributed by atoms with Crippen LogP contribution in [0, 0.1) is 5.92 Å². The van der Waals surface area contributed by atoms with Gasteiger partial charge in [-0.1, -0.05) is 26.0 Å². The van der Waals surface area contributed by atoms with Gasteiger partial charge in [-0.15, -0.1) is 4.40 Å². The zero-order chi connectivity index (χ0) is 21.2. The smallest absolute Gasteiger partial charge is 0.329 e. The third-order valence-corrected chi connectivity index (χ3v) is 6.33. The Morgan fingerprint density at radius 1 is 1.24 bits per heavy atom. The summed E-state index contributed by atoms with van der Waals surface area (Å²) in [5.41, 5.74) is 0.495. The van der Waals surface area contributed by atoms with E-state index in [2.05, 4.69) is 9.71 Å². The quantitative estimate of drug-likeness (QED) is 0.726. The first-order valence-electron chi connectivity index (χ1n) is 9.90. The molecule has 3 rings (SSSR count). The van der Waals surface area contributed by atoms with Crippen LogP contribution in [0.4, 0.5) is 0 Å². The maximum atomic E-state index is 12.8. The number of sulfonamides is 1. The number of piperidine rings is 1. The summed E-state index contributed by atoms with van der Waals surface area (Å²) in [7, 11) is -3.78. The molecule has 1 saturated heterocycles. The molecule has 0 radical (unpaired) electrons. The van der Waals surface area contributed by atoms with E-state index in [1.165, 1.54) is 13.0 Å². The van der Waals surface area contributed by atoms with Crippen molar-refractivity contribution in [2.24, 2.45) is 10.3 Å². The molecule has 1 N–H and O–H groups in total. The van der Waals surface area contributed by atoms with Gasteiger partial charge in [0.05, 0.1) is 0 Å². The molecule has 1 aromatic rings. The fraction of sp³-hybridized carbons (Fsp3) is 0.550. The molecule has 2 aliphatic heterocycles. The number of amidine groups is 1. The van der Waals surface area contributed by atoms with Crippen molar-refractivity contribution in [3.8, 4) is 0 Å². The molecule has 2 heterocycles. The number of rotatable bonds is 5. The Morgan fingerprint density at radius 2 is 1.97 bits per heavy atom. The van der Waals surface area contributed by atoms with Crippen LogP contribution < -0.4 is 5.32 Å². The van der Waals surface area contributed by atoms with Crippen molar-refractivity contribution < 1.29 is 22.7 Å². The fourth-order valence-electron chi connectivity index (χ4n) is 3.48. The topological polar surface area (TPSA) is 105 Å². The highest BCUT2D eigenvalue weighted by Crippen LogP contribution is 2.31. The number of benzene rings is 1. The number of esters is 1. The molecule has 1 fully saturated rings. The van der Waals surface area contributed by atoms with Gasteiger partial charge in [0.15, 0.2) is 11.9 Å². The molecule has 0 saturated carbocycles. The third-order valence-electron chi connectivity index (χ3n) is 5.01. The summed E-state index contributed by atoms with van der Waals surface area (Å²) in [4.78, 5) is 26.8. The van der Waals surface area contributed by atoms with Crippen LogP contribution in [0.5, 0.6) is 0 Å². The van der Waals surface area contributed by atoms with Gasteiger partial charge in [-0.25, -0.2) is 4.79 Å². The molecule has 29 heavy (non-hydrogen) atoms. The van der Waals surface area contributed by atoms with E-state index >= 15 is 0 Å². The summed E-state index contributed by atoms with van der Waals surface area (Å²) in [5.74, 6) is -0.320. The summed E-state index contributed by atoms with van der Waals surface area (Å²) in [6.45, 7) is 6.49. The largest absolute Gasteiger partial charge is 0.451 e. The predicted octanol–water partition coefficient (Wildman–Crippen LogP) is 1.69. The number of fused-ring (bicyclic) bond motifs is 1. The fourth-order valence-corrected chi connectivity index (χ4v) is 4.70. The van der Waals surface area contributed by atoms with E-state index in [1.54, 1.807) is 23.1 Å². The lowest BCUT2D eigenvalue weighted by Crippen LogP contribution is -2.50. The zero-order valence-electron chi connectivity index (χ0n) is 16.9. The van der Waals surface area contributed by atoms with Gasteiger partial charge in [-0.05, 0) is 44.2 Å². The van der Waals surface area contributed by atoms with Gasteiger partial charge in [-0.3, -0.25) is 4.79 Å². The van der Waals surface area contributed by atoms with Crippen LogP contribution in [0.3, 0.4) is 0 Å². The summed E-state index contributed by atoms with van der Waals surface area (Å²) in [6.07, 6.45) is 1.22. The Kier molecular flexibility index (Phi) is 6.26. The summed E-state index contributed by atoms with van der Waals surface area (Å²) in [6, 6.07) is 5.92. The molecule has 0 unspecified atom stereocenters. The first-order valence-corrected chi connectivity index (χ1v) is 11.3. The summed E-state index contributed by atoms with van der Waals surface area (Å²) in [5, 5.41) is 2.75. The van der Waals surface area contributed by atoms with Gasteiger partial charge in [0, 0.05) is 18.7 Å². The standard InChI is InChI=1S/C20H27N3O5S/c1-13(2)12-21-19(24)14(3)28-20(25)16-9-6-7-11-23(16)18-15-8-4-5-10-17(15)29(26,27)22-18/h4-5,8,10,13-14,16H,6-7,9,11-12H2,1-3H3,(H,21,24)/t14-,16-/m0/s1. The number of nitrogens with zero attached hydrogens (tertiary/aromatic N) is 2. The van der Waals surface area contributed by atoms with Crippen molar-refractivity contribution in [3.05, 3.63) is 29.8 Å². The molecule has 8 nitrogen and oxygen atoms in total. The van der Waals surface area contributed by atoms with E-state index < -0.39 is 28.1 Å². The van der Waals surface area contributed by atoms with E-state index in [0.717, 1.165) is 12.8 Å². The lowest BCUT2D eigenvalue weighted by atomic mass is 10.0. The number of carbonyl (C=O) groups excluding carboxylic acids is 2. The SMILES string of the molecule is CC(C)CNC(=O)[C@H](C)OC(=O)[C@@H]1CCCCN1C1=NS(=O)(=O)c2ccccc21. The Morgan fingerprint density at radius 3 is 2.69 bits per heavy atom. The molecule has 9 heteroatoms.